The van der Waals surface area contributed by atoms with Gasteiger partial charge in [-0.1, -0.05) is 6.07 Å². The fourth-order valence-electron chi connectivity index (χ4n) is 2.08. The minimum absolute atomic E-state index is 0.250. The summed E-state index contributed by atoms with van der Waals surface area (Å²) in [7, 11) is 1.69. The lowest BCUT2D eigenvalue weighted by Crippen LogP contribution is -2.08. The molecule has 1 atom stereocenters. The number of benzene rings is 1. The van der Waals surface area contributed by atoms with Crippen molar-refractivity contribution in [2.24, 2.45) is 7.05 Å². The molecule has 6 heteroatoms. The zero-order chi connectivity index (χ0) is 14.4. The molecular weight excluding hydrogens is 362 g/mol. The van der Waals surface area contributed by atoms with Crippen LogP contribution in [0, 0.1) is 6.92 Å². The van der Waals surface area contributed by atoms with Crippen LogP contribution in [0.2, 0.25) is 0 Å². The Morgan fingerprint density at radius 3 is 2.80 bits per heavy atom. The van der Waals surface area contributed by atoms with Crippen LogP contribution in [0.5, 0.6) is 0 Å². The molecule has 0 aliphatic carbocycles. The number of fused-ring (bicyclic) bond motifs is 1. The molecular formula is C14H11BrClNO2S. The van der Waals surface area contributed by atoms with Crippen molar-refractivity contribution in [3.05, 3.63) is 54.6 Å². The predicted octanol–water partition coefficient (Wildman–Crippen LogP) is 4.59. The van der Waals surface area contributed by atoms with Gasteiger partial charge in [0.2, 0.25) is 0 Å². The molecule has 0 fully saturated rings. The quantitative estimate of drug-likeness (QED) is 0.617. The van der Waals surface area contributed by atoms with E-state index in [0.29, 0.717) is 5.58 Å². The standard InChI is InChI=1S/C14H11BrClNO2S/c1-7-5-11(20-13(7)15)12(16)8-3-4-9-10(6-8)19-14(18)17(9)2/h3-6,12H,1-2H3. The zero-order valence-electron chi connectivity index (χ0n) is 10.8. The van der Waals surface area contributed by atoms with Crippen LogP contribution >= 0.6 is 38.9 Å². The predicted molar refractivity (Wildman–Crippen MR) is 85.9 cm³/mol. The van der Waals surface area contributed by atoms with E-state index in [4.69, 9.17) is 16.0 Å². The first-order chi connectivity index (χ1) is 9.47. The lowest BCUT2D eigenvalue weighted by Gasteiger charge is -2.07. The van der Waals surface area contributed by atoms with Crippen molar-refractivity contribution in [3.63, 3.8) is 0 Å². The molecule has 0 amide bonds. The van der Waals surface area contributed by atoms with Crippen molar-refractivity contribution >= 4 is 50.0 Å². The van der Waals surface area contributed by atoms with E-state index in [9.17, 15) is 4.79 Å². The second-order valence-electron chi connectivity index (χ2n) is 4.62. The molecule has 0 aliphatic heterocycles. The highest BCUT2D eigenvalue weighted by Gasteiger charge is 2.16. The number of oxazole rings is 1. The summed E-state index contributed by atoms with van der Waals surface area (Å²) in [6.07, 6.45) is 0. The summed E-state index contributed by atoms with van der Waals surface area (Å²) in [6, 6.07) is 7.69. The Hall–Kier alpha value is -1.04. The second-order valence-corrected chi connectivity index (χ2v) is 7.46. The molecule has 0 bridgehead atoms. The highest BCUT2D eigenvalue weighted by molar-refractivity contribution is 9.11. The van der Waals surface area contributed by atoms with E-state index in [1.807, 2.05) is 25.1 Å². The smallest absolute Gasteiger partial charge is 0.408 e. The largest absolute Gasteiger partial charge is 0.419 e. The van der Waals surface area contributed by atoms with Gasteiger partial charge in [0.05, 0.1) is 14.7 Å². The summed E-state index contributed by atoms with van der Waals surface area (Å²) in [5, 5.41) is -0.250. The Labute approximate surface area is 132 Å². The summed E-state index contributed by atoms with van der Waals surface area (Å²) in [4.78, 5) is 12.6. The topological polar surface area (TPSA) is 35.1 Å². The van der Waals surface area contributed by atoms with Gasteiger partial charge in [-0.2, -0.15) is 0 Å². The molecule has 0 radical (unpaired) electrons. The normalized spacial score (nSPS) is 13.0. The summed E-state index contributed by atoms with van der Waals surface area (Å²) in [6.45, 7) is 2.03. The minimum atomic E-state index is -0.363. The minimum Gasteiger partial charge on any atom is -0.408 e. The van der Waals surface area contributed by atoms with E-state index in [0.717, 1.165) is 19.7 Å². The molecule has 2 heterocycles. The van der Waals surface area contributed by atoms with Crippen LogP contribution in [-0.4, -0.2) is 4.57 Å². The van der Waals surface area contributed by atoms with Gasteiger partial charge in [0.15, 0.2) is 5.58 Å². The summed E-state index contributed by atoms with van der Waals surface area (Å²) < 4.78 is 7.77. The summed E-state index contributed by atoms with van der Waals surface area (Å²) >= 11 is 11.7. The molecule has 104 valence electrons. The van der Waals surface area contributed by atoms with E-state index in [-0.39, 0.29) is 11.1 Å². The molecule has 3 rings (SSSR count). The molecule has 0 aliphatic rings. The Balaban J connectivity index is 2.07. The van der Waals surface area contributed by atoms with Crippen molar-refractivity contribution < 1.29 is 4.42 Å². The number of rotatable bonds is 2. The van der Waals surface area contributed by atoms with Crippen molar-refractivity contribution in [2.75, 3.05) is 0 Å². The highest BCUT2D eigenvalue weighted by Crippen LogP contribution is 2.38. The Kier molecular flexibility index (Phi) is 3.52. The third kappa shape index (κ3) is 2.24. The van der Waals surface area contributed by atoms with Gasteiger partial charge in [-0.25, -0.2) is 4.79 Å². The summed E-state index contributed by atoms with van der Waals surface area (Å²) in [5.74, 6) is -0.363. The van der Waals surface area contributed by atoms with Crippen LogP contribution in [0.25, 0.3) is 11.1 Å². The van der Waals surface area contributed by atoms with Crippen LogP contribution in [0.15, 0.2) is 37.3 Å². The lowest BCUT2D eigenvalue weighted by atomic mass is 10.1. The molecule has 0 N–H and O–H groups in total. The Bertz CT molecular complexity index is 829. The maximum absolute atomic E-state index is 11.5. The number of nitrogens with zero attached hydrogens (tertiary/aromatic N) is 1. The Morgan fingerprint density at radius 2 is 2.15 bits per heavy atom. The molecule has 1 unspecified atom stereocenters. The first kappa shape index (κ1) is 13.9. The SMILES string of the molecule is Cc1cc(C(Cl)c2ccc3c(c2)oc(=O)n3C)sc1Br. The highest BCUT2D eigenvalue weighted by atomic mass is 79.9. The van der Waals surface area contributed by atoms with E-state index in [1.165, 1.54) is 10.1 Å². The molecule has 3 nitrogen and oxygen atoms in total. The van der Waals surface area contributed by atoms with Crippen molar-refractivity contribution in [1.29, 1.82) is 0 Å². The molecule has 3 aromatic rings. The number of aromatic nitrogens is 1. The number of thiophene rings is 1. The van der Waals surface area contributed by atoms with E-state index < -0.39 is 0 Å². The van der Waals surface area contributed by atoms with E-state index in [1.54, 1.807) is 18.4 Å². The number of hydrogen-bond acceptors (Lipinski definition) is 3. The number of alkyl halides is 1. The van der Waals surface area contributed by atoms with E-state index in [2.05, 4.69) is 22.0 Å². The lowest BCUT2D eigenvalue weighted by molar-refractivity contribution is 0.528. The van der Waals surface area contributed by atoms with Gasteiger partial charge < -0.3 is 4.42 Å². The first-order valence-corrected chi connectivity index (χ1v) is 8.01. The van der Waals surface area contributed by atoms with Gasteiger partial charge in [-0.3, -0.25) is 4.57 Å². The maximum Gasteiger partial charge on any atom is 0.419 e. The van der Waals surface area contributed by atoms with Crippen LogP contribution in [0.4, 0.5) is 0 Å². The average molecular weight is 373 g/mol. The summed E-state index contributed by atoms with van der Waals surface area (Å²) in [5.41, 5.74) is 3.42. The average Bonchev–Trinajstić information content (AvgIpc) is 2.90. The molecule has 2 aromatic heterocycles. The zero-order valence-corrected chi connectivity index (χ0v) is 14.0. The fraction of sp³-hybridized carbons (Fsp3) is 0.214. The third-order valence-corrected chi connectivity index (χ3v) is 6.05. The van der Waals surface area contributed by atoms with Gasteiger partial charge >= 0.3 is 5.76 Å². The van der Waals surface area contributed by atoms with Gasteiger partial charge in [0, 0.05) is 11.9 Å². The maximum atomic E-state index is 11.5. The van der Waals surface area contributed by atoms with Gasteiger partial charge in [-0.05, 0) is 52.2 Å². The molecule has 0 saturated heterocycles. The number of aryl methyl sites for hydroxylation is 2. The third-order valence-electron chi connectivity index (χ3n) is 3.24. The monoisotopic (exact) mass is 371 g/mol. The van der Waals surface area contributed by atoms with E-state index >= 15 is 0 Å². The van der Waals surface area contributed by atoms with Gasteiger partial charge in [0.25, 0.3) is 0 Å². The molecule has 0 saturated carbocycles. The fourth-order valence-corrected chi connectivity index (χ4v) is 3.99. The molecule has 0 spiro atoms. The molecule has 20 heavy (non-hydrogen) atoms. The second kappa shape index (κ2) is 5.06. The van der Waals surface area contributed by atoms with Crippen molar-refractivity contribution in [2.45, 2.75) is 12.3 Å². The number of hydrogen-bond donors (Lipinski definition) is 0. The van der Waals surface area contributed by atoms with Gasteiger partial charge in [0.1, 0.15) is 0 Å². The van der Waals surface area contributed by atoms with Crippen LogP contribution in [-0.2, 0) is 7.05 Å². The van der Waals surface area contributed by atoms with Crippen molar-refractivity contribution in [3.8, 4) is 0 Å². The molecule has 1 aromatic carbocycles. The van der Waals surface area contributed by atoms with Crippen LogP contribution < -0.4 is 5.76 Å². The van der Waals surface area contributed by atoms with Gasteiger partial charge in [-0.15, -0.1) is 22.9 Å². The van der Waals surface area contributed by atoms with Crippen LogP contribution in [0.1, 0.15) is 21.4 Å². The van der Waals surface area contributed by atoms with Crippen LogP contribution in [0.3, 0.4) is 0 Å². The number of halogens is 2. The Morgan fingerprint density at radius 1 is 1.40 bits per heavy atom. The first-order valence-electron chi connectivity index (χ1n) is 5.96. The van der Waals surface area contributed by atoms with Crippen molar-refractivity contribution in [1.82, 2.24) is 4.57 Å².